The van der Waals surface area contributed by atoms with Gasteiger partial charge in [0.05, 0.1) is 10.4 Å². The lowest BCUT2D eigenvalue weighted by Gasteiger charge is -2.21. The van der Waals surface area contributed by atoms with E-state index in [0.29, 0.717) is 0 Å². The summed E-state index contributed by atoms with van der Waals surface area (Å²) in [4.78, 5) is 8.03. The van der Waals surface area contributed by atoms with E-state index in [0.717, 1.165) is 5.70 Å². The molecular weight excluding hydrogens is 168 g/mol. The lowest BCUT2D eigenvalue weighted by atomic mass is 10.1. The van der Waals surface area contributed by atoms with Gasteiger partial charge in [-0.1, -0.05) is 0 Å². The van der Waals surface area contributed by atoms with E-state index < -0.39 is 0 Å². The number of thioether (sulfide) groups is 1. The van der Waals surface area contributed by atoms with Crippen LogP contribution in [0.5, 0.6) is 0 Å². The number of rotatable bonds is 2. The molecule has 1 aliphatic heterocycles. The highest BCUT2D eigenvalue weighted by Gasteiger charge is 2.20. The number of hydrogen-bond acceptors (Lipinski definition) is 3. The van der Waals surface area contributed by atoms with Crippen molar-refractivity contribution in [3.8, 4) is 0 Å². The highest BCUT2D eigenvalue weighted by atomic mass is 32.2. The number of nitrogens with zero attached hydrogens (tertiary/aromatic N) is 2. The molecule has 0 atom stereocenters. The highest BCUT2D eigenvalue weighted by Crippen LogP contribution is 2.30. The van der Waals surface area contributed by atoms with Gasteiger partial charge in [-0.3, -0.25) is 0 Å². The summed E-state index contributed by atoms with van der Waals surface area (Å²) >= 11 is 1.77. The number of hydrogen-bond donors (Lipinski definition) is 0. The second-order valence-electron chi connectivity index (χ2n) is 2.94. The first-order valence-electron chi connectivity index (χ1n) is 3.74. The van der Waals surface area contributed by atoms with E-state index in [4.69, 9.17) is 0 Å². The molecule has 0 amide bonds. The van der Waals surface area contributed by atoms with Crippen LogP contribution in [0, 0.1) is 0 Å². The Bertz CT molecular complexity index is 281. The fraction of sp³-hybridized carbons (Fsp3) is 0.444. The quantitative estimate of drug-likeness (QED) is 0.640. The van der Waals surface area contributed by atoms with Gasteiger partial charge in [0.15, 0.2) is 0 Å². The molecule has 0 spiro atoms. The van der Waals surface area contributed by atoms with Crippen molar-refractivity contribution in [1.82, 2.24) is 0 Å². The van der Waals surface area contributed by atoms with Gasteiger partial charge < -0.3 is 0 Å². The van der Waals surface area contributed by atoms with Crippen molar-refractivity contribution in [2.75, 3.05) is 6.26 Å². The standard InChI is InChI=1S/C9H12N2S/c1-9(2,12-3)8-5-4-6-10-7-11-8/h4-5,7H,1-3H3. The number of allylic oxidation sites excluding steroid dienone is 2. The molecule has 0 N–H and O–H groups in total. The largest absolute Gasteiger partial charge is 0.239 e. The zero-order chi connectivity index (χ0) is 9.03. The minimum atomic E-state index is 0.0501. The lowest BCUT2D eigenvalue weighted by molar-refractivity contribution is 0.824. The summed E-state index contributed by atoms with van der Waals surface area (Å²) in [5, 5.41) is 0. The van der Waals surface area contributed by atoms with Gasteiger partial charge in [-0.2, -0.15) is 16.8 Å². The first kappa shape index (κ1) is 9.30. The van der Waals surface area contributed by atoms with Crippen molar-refractivity contribution in [2.24, 2.45) is 9.98 Å². The first-order valence-corrected chi connectivity index (χ1v) is 4.96. The third-order valence-corrected chi connectivity index (χ3v) is 3.00. The molecule has 0 saturated carbocycles. The molecule has 0 aromatic rings. The van der Waals surface area contributed by atoms with Crippen molar-refractivity contribution in [3.63, 3.8) is 0 Å². The van der Waals surface area contributed by atoms with Gasteiger partial charge in [0.1, 0.15) is 6.34 Å². The van der Waals surface area contributed by atoms with Crippen molar-refractivity contribution in [3.05, 3.63) is 17.8 Å². The monoisotopic (exact) mass is 180 g/mol. The van der Waals surface area contributed by atoms with Crippen molar-refractivity contribution in [1.29, 1.82) is 0 Å². The summed E-state index contributed by atoms with van der Waals surface area (Å²) in [6.07, 6.45) is 7.35. The van der Waals surface area contributed by atoms with Crippen molar-refractivity contribution >= 4 is 24.0 Å². The predicted molar refractivity (Wildman–Crippen MR) is 56.2 cm³/mol. The molecule has 0 aliphatic carbocycles. The summed E-state index contributed by atoms with van der Waals surface area (Å²) < 4.78 is 0.0501. The summed E-state index contributed by atoms with van der Waals surface area (Å²) in [6.45, 7) is 4.28. The Morgan fingerprint density at radius 3 is 2.92 bits per heavy atom. The van der Waals surface area contributed by atoms with Gasteiger partial charge in [0.25, 0.3) is 0 Å². The van der Waals surface area contributed by atoms with Gasteiger partial charge in [0, 0.05) is 6.08 Å². The van der Waals surface area contributed by atoms with Crippen LogP contribution in [0.1, 0.15) is 13.8 Å². The third kappa shape index (κ3) is 2.10. The second kappa shape index (κ2) is 3.74. The summed E-state index contributed by atoms with van der Waals surface area (Å²) in [6, 6.07) is 0. The molecule has 12 heavy (non-hydrogen) atoms. The van der Waals surface area contributed by atoms with Crippen molar-refractivity contribution in [2.45, 2.75) is 18.6 Å². The van der Waals surface area contributed by atoms with Crippen molar-refractivity contribution < 1.29 is 0 Å². The average molecular weight is 180 g/mol. The van der Waals surface area contributed by atoms with Crippen LogP contribution in [-0.4, -0.2) is 23.2 Å². The maximum absolute atomic E-state index is 4.22. The molecule has 0 aromatic carbocycles. The van der Waals surface area contributed by atoms with E-state index in [1.54, 1.807) is 17.8 Å². The second-order valence-corrected chi connectivity index (χ2v) is 4.36. The van der Waals surface area contributed by atoms with E-state index in [9.17, 15) is 0 Å². The van der Waals surface area contributed by atoms with Gasteiger partial charge in [0.2, 0.25) is 0 Å². The van der Waals surface area contributed by atoms with Gasteiger partial charge in [-0.25, -0.2) is 4.99 Å². The van der Waals surface area contributed by atoms with E-state index in [-0.39, 0.29) is 4.75 Å². The molecule has 1 rings (SSSR count). The van der Waals surface area contributed by atoms with E-state index in [2.05, 4.69) is 36.0 Å². The minimum Gasteiger partial charge on any atom is -0.239 e. The Morgan fingerprint density at radius 2 is 2.25 bits per heavy atom. The molecule has 1 heterocycles. The fourth-order valence-corrected chi connectivity index (χ4v) is 1.12. The van der Waals surface area contributed by atoms with Gasteiger partial charge >= 0.3 is 0 Å². The summed E-state index contributed by atoms with van der Waals surface area (Å²) in [5.74, 6) is 2.74. The lowest BCUT2D eigenvalue weighted by Crippen LogP contribution is -2.16. The SMILES string of the molecule is CSC(C)(C)C1=CC=C=NC=N1. The topological polar surface area (TPSA) is 24.7 Å². The Hall–Kier alpha value is -0.790. The Morgan fingerprint density at radius 1 is 1.50 bits per heavy atom. The zero-order valence-corrected chi connectivity index (χ0v) is 8.35. The Balaban J connectivity index is 2.91. The molecule has 64 valence electrons. The predicted octanol–water partition coefficient (Wildman–Crippen LogP) is 2.28. The molecule has 0 fully saturated rings. The van der Waals surface area contributed by atoms with E-state index >= 15 is 0 Å². The smallest absolute Gasteiger partial charge is 0.125 e. The maximum atomic E-state index is 4.22. The zero-order valence-electron chi connectivity index (χ0n) is 7.53. The first-order chi connectivity index (χ1) is 5.67. The average Bonchev–Trinajstić information content (AvgIpc) is 2.32. The molecule has 1 aliphatic rings. The van der Waals surface area contributed by atoms with Gasteiger partial charge in [-0.05, 0) is 32.0 Å². The van der Waals surface area contributed by atoms with Crippen LogP contribution in [0.25, 0.3) is 0 Å². The molecule has 0 bridgehead atoms. The Labute approximate surface area is 77.2 Å². The number of aliphatic imine (C=N–C) groups is 2. The molecular formula is C9H12N2S. The van der Waals surface area contributed by atoms with Crippen LogP contribution in [-0.2, 0) is 0 Å². The Kier molecular flexibility index (Phi) is 2.90. The highest BCUT2D eigenvalue weighted by molar-refractivity contribution is 8.00. The van der Waals surface area contributed by atoms with Crippen LogP contribution in [0.2, 0.25) is 0 Å². The molecule has 3 heteroatoms. The molecule has 0 aromatic heterocycles. The normalized spacial score (nSPS) is 16.1. The maximum Gasteiger partial charge on any atom is 0.125 e. The van der Waals surface area contributed by atoms with Crippen LogP contribution in [0.3, 0.4) is 0 Å². The van der Waals surface area contributed by atoms with Crippen LogP contribution in [0.4, 0.5) is 0 Å². The molecule has 0 radical (unpaired) electrons. The van der Waals surface area contributed by atoms with E-state index in [1.807, 2.05) is 6.08 Å². The summed E-state index contributed by atoms with van der Waals surface area (Å²) in [5.41, 5.74) is 1.03. The third-order valence-electron chi connectivity index (χ3n) is 1.77. The van der Waals surface area contributed by atoms with Crippen LogP contribution < -0.4 is 0 Å². The molecule has 0 saturated heterocycles. The summed E-state index contributed by atoms with van der Waals surface area (Å²) in [7, 11) is 0. The van der Waals surface area contributed by atoms with E-state index in [1.165, 1.54) is 6.34 Å². The van der Waals surface area contributed by atoms with Crippen LogP contribution in [0.15, 0.2) is 27.8 Å². The van der Waals surface area contributed by atoms with Crippen LogP contribution >= 0.6 is 11.8 Å². The molecule has 0 unspecified atom stereocenters. The fourth-order valence-electron chi connectivity index (χ4n) is 0.787. The molecule has 2 nitrogen and oxygen atoms in total. The minimum absolute atomic E-state index is 0.0501. The van der Waals surface area contributed by atoms with Gasteiger partial charge in [-0.15, -0.1) is 0 Å².